The minimum Gasteiger partial charge on any atom is -0.309 e. The molecule has 0 fully saturated rings. The molecule has 0 bridgehead atoms. The smallest absolute Gasteiger partial charge is 0.153 e. The van der Waals surface area contributed by atoms with Crippen molar-refractivity contribution in [3.63, 3.8) is 0 Å². The van der Waals surface area contributed by atoms with Crippen LogP contribution in [0.5, 0.6) is 0 Å². The summed E-state index contributed by atoms with van der Waals surface area (Å²) < 4.78 is 23.4. The van der Waals surface area contributed by atoms with Crippen LogP contribution in [0.1, 0.15) is 37.9 Å². The van der Waals surface area contributed by atoms with Crippen LogP contribution >= 0.6 is 0 Å². The fourth-order valence-electron chi connectivity index (χ4n) is 1.84. The first kappa shape index (κ1) is 15.2. The summed E-state index contributed by atoms with van der Waals surface area (Å²) in [5, 5.41) is 2.97. The average molecular weight is 269 g/mol. The zero-order valence-corrected chi connectivity index (χ0v) is 12.4. The number of nitrogens with one attached hydrogen (secondary N) is 1. The number of hydrogen-bond donors (Lipinski definition) is 1. The average Bonchev–Trinajstić information content (AvgIpc) is 2.29. The number of sulfone groups is 1. The van der Waals surface area contributed by atoms with Gasteiger partial charge in [0.1, 0.15) is 0 Å². The Kier molecular flexibility index (Phi) is 5.35. The molecule has 0 aliphatic carbocycles. The molecule has 1 atom stereocenters. The van der Waals surface area contributed by atoms with E-state index in [9.17, 15) is 8.42 Å². The number of aryl methyl sites for hydroxylation is 1. The van der Waals surface area contributed by atoms with E-state index in [4.69, 9.17) is 0 Å². The van der Waals surface area contributed by atoms with Crippen LogP contribution in [0, 0.1) is 6.92 Å². The molecule has 0 aliphatic heterocycles. The highest BCUT2D eigenvalue weighted by Crippen LogP contribution is 2.16. The van der Waals surface area contributed by atoms with Crippen molar-refractivity contribution in [2.75, 3.05) is 12.3 Å². The van der Waals surface area contributed by atoms with Gasteiger partial charge in [-0.2, -0.15) is 0 Å². The topological polar surface area (TPSA) is 46.2 Å². The predicted octanol–water partition coefficient (Wildman–Crippen LogP) is 2.47. The molecule has 0 radical (unpaired) electrons. The summed E-state index contributed by atoms with van der Waals surface area (Å²) >= 11 is 0. The highest BCUT2D eigenvalue weighted by molar-refractivity contribution is 7.92. The molecule has 0 heterocycles. The van der Waals surface area contributed by atoms with Crippen LogP contribution in [0.3, 0.4) is 0 Å². The van der Waals surface area contributed by atoms with Crippen molar-refractivity contribution in [3.05, 3.63) is 35.4 Å². The molecule has 0 unspecified atom stereocenters. The maximum atomic E-state index is 11.7. The lowest BCUT2D eigenvalue weighted by atomic mass is 10.0. The number of rotatable bonds is 6. The molecule has 1 rings (SSSR count). The largest absolute Gasteiger partial charge is 0.309 e. The summed E-state index contributed by atoms with van der Waals surface area (Å²) in [5.41, 5.74) is 2.45. The molecule has 3 nitrogen and oxygen atoms in total. The van der Waals surface area contributed by atoms with Gasteiger partial charge in [-0.3, -0.25) is 0 Å². The minimum absolute atomic E-state index is 0.175. The summed E-state index contributed by atoms with van der Waals surface area (Å²) in [6.45, 7) is 8.07. The first-order chi connectivity index (χ1) is 8.34. The predicted molar refractivity (Wildman–Crippen MR) is 76.5 cm³/mol. The van der Waals surface area contributed by atoms with Gasteiger partial charge in [-0.05, 0) is 38.8 Å². The Balaban J connectivity index is 2.53. The zero-order chi connectivity index (χ0) is 13.8. The van der Waals surface area contributed by atoms with E-state index in [0.29, 0.717) is 6.54 Å². The fraction of sp³-hybridized carbons (Fsp3) is 0.571. The first-order valence-corrected chi connectivity index (χ1v) is 8.06. The monoisotopic (exact) mass is 269 g/mol. The molecule has 1 N–H and O–H groups in total. The second-order valence-electron chi connectivity index (χ2n) is 4.95. The molecule has 0 aliphatic rings. The van der Waals surface area contributed by atoms with Crippen LogP contribution in [-0.4, -0.2) is 26.0 Å². The van der Waals surface area contributed by atoms with Gasteiger partial charge in [0.2, 0.25) is 0 Å². The van der Waals surface area contributed by atoms with Gasteiger partial charge < -0.3 is 5.32 Å². The molecule has 102 valence electrons. The number of hydrogen-bond acceptors (Lipinski definition) is 3. The van der Waals surface area contributed by atoms with Crippen molar-refractivity contribution >= 4 is 9.84 Å². The van der Waals surface area contributed by atoms with Crippen molar-refractivity contribution in [3.8, 4) is 0 Å². The third kappa shape index (κ3) is 4.10. The first-order valence-electron chi connectivity index (χ1n) is 6.35. The van der Waals surface area contributed by atoms with Crippen LogP contribution in [-0.2, 0) is 9.84 Å². The lowest BCUT2D eigenvalue weighted by Crippen LogP contribution is -2.29. The molecule has 1 aromatic rings. The van der Waals surface area contributed by atoms with E-state index < -0.39 is 9.84 Å². The molecule has 0 saturated carbocycles. The van der Waals surface area contributed by atoms with Crippen LogP contribution in [0.25, 0.3) is 0 Å². The standard InChI is InChI=1S/C14H23NO2S/c1-11(2)18(16,17)10-9-15-13(4)14-8-6-5-7-12(14)3/h5-8,11,13,15H,9-10H2,1-4H3/t13-/m0/s1. The van der Waals surface area contributed by atoms with E-state index >= 15 is 0 Å². The van der Waals surface area contributed by atoms with Crippen molar-refractivity contribution in [1.82, 2.24) is 5.32 Å². The summed E-state index contributed by atoms with van der Waals surface area (Å²) in [6.07, 6.45) is 0. The van der Waals surface area contributed by atoms with Crippen molar-refractivity contribution in [2.45, 2.75) is 39.0 Å². The van der Waals surface area contributed by atoms with E-state index in [1.165, 1.54) is 11.1 Å². The van der Waals surface area contributed by atoms with Gasteiger partial charge in [-0.1, -0.05) is 24.3 Å². The molecule has 1 aromatic carbocycles. The minimum atomic E-state index is -2.95. The Bertz CT molecular complexity index is 480. The molecule has 0 saturated heterocycles. The molecule has 18 heavy (non-hydrogen) atoms. The molecule has 0 aromatic heterocycles. The highest BCUT2D eigenvalue weighted by atomic mass is 32.2. The van der Waals surface area contributed by atoms with Crippen molar-refractivity contribution < 1.29 is 8.42 Å². The summed E-state index contributed by atoms with van der Waals surface area (Å²) in [5.74, 6) is 0.195. The maximum absolute atomic E-state index is 11.7. The Hall–Kier alpha value is -0.870. The third-order valence-electron chi connectivity index (χ3n) is 3.21. The van der Waals surface area contributed by atoms with Gasteiger partial charge in [0, 0.05) is 12.6 Å². The Morgan fingerprint density at radius 3 is 2.33 bits per heavy atom. The van der Waals surface area contributed by atoms with Crippen molar-refractivity contribution in [1.29, 1.82) is 0 Å². The van der Waals surface area contributed by atoms with Crippen molar-refractivity contribution in [2.24, 2.45) is 0 Å². The normalized spacial score (nSPS) is 13.8. The fourth-order valence-corrected chi connectivity index (χ4v) is 2.71. The lowest BCUT2D eigenvalue weighted by molar-refractivity contribution is 0.565. The summed E-state index contributed by atoms with van der Waals surface area (Å²) in [6, 6.07) is 8.33. The van der Waals surface area contributed by atoms with Crippen LogP contribution in [0.2, 0.25) is 0 Å². The molecular weight excluding hydrogens is 246 g/mol. The number of benzene rings is 1. The van der Waals surface area contributed by atoms with Crippen LogP contribution < -0.4 is 5.32 Å². The van der Waals surface area contributed by atoms with E-state index in [-0.39, 0.29) is 17.0 Å². The van der Waals surface area contributed by atoms with E-state index in [1.807, 2.05) is 12.1 Å². The van der Waals surface area contributed by atoms with E-state index in [0.717, 1.165) is 0 Å². The zero-order valence-electron chi connectivity index (χ0n) is 11.6. The van der Waals surface area contributed by atoms with E-state index in [1.54, 1.807) is 13.8 Å². The van der Waals surface area contributed by atoms with Crippen LogP contribution in [0.15, 0.2) is 24.3 Å². The summed E-state index contributed by atoms with van der Waals surface area (Å²) in [4.78, 5) is 0. The second-order valence-corrected chi connectivity index (χ2v) is 7.62. The van der Waals surface area contributed by atoms with Gasteiger partial charge in [0.15, 0.2) is 9.84 Å². The maximum Gasteiger partial charge on any atom is 0.153 e. The van der Waals surface area contributed by atoms with Gasteiger partial charge >= 0.3 is 0 Å². The second kappa shape index (κ2) is 6.34. The van der Waals surface area contributed by atoms with Gasteiger partial charge in [0.05, 0.1) is 11.0 Å². The SMILES string of the molecule is Cc1ccccc1[C@H](C)NCCS(=O)(=O)C(C)C. The third-order valence-corrected chi connectivity index (χ3v) is 5.42. The van der Waals surface area contributed by atoms with Gasteiger partial charge in [-0.25, -0.2) is 8.42 Å². The molecule has 4 heteroatoms. The molecule has 0 amide bonds. The quantitative estimate of drug-likeness (QED) is 0.863. The lowest BCUT2D eigenvalue weighted by Gasteiger charge is -2.17. The highest BCUT2D eigenvalue weighted by Gasteiger charge is 2.16. The Morgan fingerprint density at radius 1 is 1.17 bits per heavy atom. The molecule has 0 spiro atoms. The Morgan fingerprint density at radius 2 is 1.78 bits per heavy atom. The Labute approximate surface area is 111 Å². The van der Waals surface area contributed by atoms with E-state index in [2.05, 4.69) is 31.3 Å². The molecular formula is C14H23NO2S. The van der Waals surface area contributed by atoms with Gasteiger partial charge in [-0.15, -0.1) is 0 Å². The summed E-state index contributed by atoms with van der Waals surface area (Å²) in [7, 11) is -2.95. The van der Waals surface area contributed by atoms with Crippen LogP contribution in [0.4, 0.5) is 0 Å². The van der Waals surface area contributed by atoms with Gasteiger partial charge in [0.25, 0.3) is 0 Å².